The summed E-state index contributed by atoms with van der Waals surface area (Å²) in [5.41, 5.74) is 3.93. The third kappa shape index (κ3) is 3.95. The van der Waals surface area contributed by atoms with E-state index in [9.17, 15) is 13.5 Å². The first-order valence-electron chi connectivity index (χ1n) is 5.17. The maximum Gasteiger partial charge on any atom is 0.242 e. The van der Waals surface area contributed by atoms with Crippen molar-refractivity contribution < 1.29 is 18.6 Å². The zero-order valence-corrected chi connectivity index (χ0v) is 12.3. The van der Waals surface area contributed by atoms with Crippen LogP contribution in [0, 0.1) is 0 Å². The van der Waals surface area contributed by atoms with Crippen LogP contribution in [0.15, 0.2) is 17.0 Å². The van der Waals surface area contributed by atoms with Crippen molar-refractivity contribution in [3.63, 3.8) is 0 Å². The number of hydrogen-bond donors (Lipinski definition) is 4. The van der Waals surface area contributed by atoms with Crippen molar-refractivity contribution in [2.24, 2.45) is 0 Å². The predicted octanol–water partition coefficient (Wildman–Crippen LogP) is 0.597. The first-order valence-corrected chi connectivity index (χ1v) is 7.41. The van der Waals surface area contributed by atoms with E-state index in [1.165, 1.54) is 19.1 Å². The number of sulfonamides is 1. The van der Waals surface area contributed by atoms with Gasteiger partial charge in [0.25, 0.3) is 0 Å². The molecule has 108 valence electrons. The minimum absolute atomic E-state index is 0.0415. The van der Waals surface area contributed by atoms with Crippen LogP contribution in [-0.2, 0) is 10.0 Å². The second kappa shape index (κ2) is 5.82. The number of nitrogens with one attached hydrogen (secondary N) is 1. The fraction of sp³-hybridized carbons (Fsp3) is 0.400. The number of aliphatic hydroxyl groups is 2. The van der Waals surface area contributed by atoms with Crippen LogP contribution < -0.4 is 10.5 Å². The van der Waals surface area contributed by atoms with Gasteiger partial charge in [0, 0.05) is 6.54 Å². The van der Waals surface area contributed by atoms with E-state index in [2.05, 4.69) is 4.72 Å². The van der Waals surface area contributed by atoms with Gasteiger partial charge < -0.3 is 15.9 Å². The summed E-state index contributed by atoms with van der Waals surface area (Å²) in [7, 11) is -3.97. The highest BCUT2D eigenvalue weighted by Gasteiger charge is 2.25. The molecule has 0 saturated carbocycles. The first kappa shape index (κ1) is 16.5. The van der Waals surface area contributed by atoms with Crippen molar-refractivity contribution in [1.29, 1.82) is 0 Å². The molecule has 1 atom stereocenters. The van der Waals surface area contributed by atoms with Gasteiger partial charge >= 0.3 is 0 Å². The van der Waals surface area contributed by atoms with Crippen LogP contribution in [0.1, 0.15) is 6.92 Å². The largest absolute Gasteiger partial charge is 0.396 e. The Balaban J connectivity index is 3.06. The fourth-order valence-electron chi connectivity index (χ4n) is 1.14. The van der Waals surface area contributed by atoms with Crippen molar-refractivity contribution >= 4 is 38.9 Å². The van der Waals surface area contributed by atoms with Crippen LogP contribution in [0.25, 0.3) is 0 Å². The first-order chi connectivity index (χ1) is 8.60. The highest BCUT2D eigenvalue weighted by molar-refractivity contribution is 7.89. The Morgan fingerprint density at radius 1 is 1.42 bits per heavy atom. The molecule has 1 aromatic rings. The number of nitrogen functional groups attached to an aromatic ring is 1. The topological polar surface area (TPSA) is 113 Å². The van der Waals surface area contributed by atoms with Crippen molar-refractivity contribution in [2.75, 3.05) is 18.9 Å². The Morgan fingerprint density at radius 2 is 2.00 bits per heavy atom. The monoisotopic (exact) mass is 328 g/mol. The smallest absolute Gasteiger partial charge is 0.242 e. The van der Waals surface area contributed by atoms with Crippen LogP contribution >= 0.6 is 23.2 Å². The van der Waals surface area contributed by atoms with Gasteiger partial charge in [-0.2, -0.15) is 0 Å². The van der Waals surface area contributed by atoms with Crippen molar-refractivity contribution in [3.8, 4) is 0 Å². The van der Waals surface area contributed by atoms with Crippen molar-refractivity contribution in [2.45, 2.75) is 17.4 Å². The normalized spacial score (nSPS) is 15.2. The van der Waals surface area contributed by atoms with Crippen LogP contribution in [0.3, 0.4) is 0 Å². The molecule has 0 heterocycles. The Labute approximate surface area is 121 Å². The SMILES string of the molecule is CC(O)(CO)CNS(=O)(=O)c1ccc(Cl)c(N)c1Cl. The summed E-state index contributed by atoms with van der Waals surface area (Å²) in [5.74, 6) is 0. The van der Waals surface area contributed by atoms with E-state index >= 15 is 0 Å². The molecule has 1 aromatic carbocycles. The summed E-state index contributed by atoms with van der Waals surface area (Å²) in [6, 6.07) is 2.51. The quantitative estimate of drug-likeness (QED) is 0.591. The molecule has 0 saturated heterocycles. The molecule has 0 aliphatic carbocycles. The average molecular weight is 329 g/mol. The van der Waals surface area contributed by atoms with Crippen LogP contribution in [0.4, 0.5) is 5.69 Å². The third-order valence-corrected chi connectivity index (χ3v) is 4.66. The summed E-state index contributed by atoms with van der Waals surface area (Å²) in [4.78, 5) is -0.246. The maximum atomic E-state index is 12.0. The number of benzene rings is 1. The summed E-state index contributed by atoms with van der Waals surface area (Å²) >= 11 is 11.5. The van der Waals surface area contributed by atoms with E-state index < -0.39 is 22.2 Å². The number of aliphatic hydroxyl groups excluding tert-OH is 1. The highest BCUT2D eigenvalue weighted by Crippen LogP contribution is 2.32. The number of nitrogens with two attached hydrogens (primary N) is 1. The molecule has 0 fully saturated rings. The van der Waals surface area contributed by atoms with Gasteiger partial charge in [0.1, 0.15) is 4.90 Å². The Bertz CT molecular complexity index is 575. The summed E-state index contributed by atoms with van der Waals surface area (Å²) in [6.45, 7) is 0.323. The molecule has 0 aromatic heterocycles. The summed E-state index contributed by atoms with van der Waals surface area (Å²) < 4.78 is 26.1. The van der Waals surface area contributed by atoms with Gasteiger partial charge in [-0.05, 0) is 19.1 Å². The van der Waals surface area contributed by atoms with Crippen LogP contribution in [0.5, 0.6) is 0 Å². The molecule has 0 spiro atoms. The molecule has 5 N–H and O–H groups in total. The molecule has 19 heavy (non-hydrogen) atoms. The molecule has 9 heteroatoms. The molecule has 1 unspecified atom stereocenters. The molecule has 6 nitrogen and oxygen atoms in total. The van der Waals surface area contributed by atoms with Gasteiger partial charge in [0.2, 0.25) is 10.0 Å². The zero-order chi connectivity index (χ0) is 14.8. The molecule has 0 bridgehead atoms. The zero-order valence-electron chi connectivity index (χ0n) is 10.0. The van der Waals surface area contributed by atoms with Gasteiger partial charge in [-0.3, -0.25) is 0 Å². The lowest BCUT2D eigenvalue weighted by Crippen LogP contribution is -2.43. The summed E-state index contributed by atoms with van der Waals surface area (Å²) in [6.07, 6.45) is 0. The number of rotatable bonds is 5. The van der Waals surface area contributed by atoms with Gasteiger partial charge in [0.05, 0.1) is 27.9 Å². The molecular weight excluding hydrogens is 315 g/mol. The van der Waals surface area contributed by atoms with Gasteiger partial charge in [0.15, 0.2) is 0 Å². The van der Waals surface area contributed by atoms with Gasteiger partial charge in [-0.15, -0.1) is 0 Å². The van der Waals surface area contributed by atoms with E-state index in [4.69, 9.17) is 34.0 Å². The molecule has 1 rings (SSSR count). The second-order valence-corrected chi connectivity index (χ2v) is 6.77. The number of halogens is 2. The minimum Gasteiger partial charge on any atom is -0.396 e. The number of hydrogen-bond acceptors (Lipinski definition) is 5. The van der Waals surface area contributed by atoms with E-state index in [1.54, 1.807) is 0 Å². The maximum absolute atomic E-state index is 12.0. The summed E-state index contributed by atoms with van der Waals surface area (Å²) in [5, 5.41) is 18.3. The standard InChI is InChI=1S/C10H14Cl2N2O4S/c1-10(16,5-15)4-14-19(17,18)7-3-2-6(11)9(13)8(7)12/h2-3,14-16H,4-5,13H2,1H3. The Hall–Kier alpha value is -0.570. The van der Waals surface area contributed by atoms with E-state index in [0.29, 0.717) is 0 Å². The molecule has 0 aliphatic rings. The van der Waals surface area contributed by atoms with E-state index in [1.807, 2.05) is 0 Å². The van der Waals surface area contributed by atoms with Gasteiger partial charge in [-0.1, -0.05) is 23.2 Å². The fourth-order valence-corrected chi connectivity index (χ4v) is 3.07. The molecule has 0 aliphatic heterocycles. The van der Waals surface area contributed by atoms with E-state index in [0.717, 1.165) is 0 Å². The van der Waals surface area contributed by atoms with Crippen molar-refractivity contribution in [3.05, 3.63) is 22.2 Å². The van der Waals surface area contributed by atoms with Crippen LogP contribution in [0.2, 0.25) is 10.0 Å². The number of anilines is 1. The van der Waals surface area contributed by atoms with Crippen molar-refractivity contribution in [1.82, 2.24) is 4.72 Å². The third-order valence-electron chi connectivity index (χ3n) is 2.36. The minimum atomic E-state index is -3.97. The van der Waals surface area contributed by atoms with Crippen LogP contribution in [-0.4, -0.2) is 37.4 Å². The van der Waals surface area contributed by atoms with E-state index in [-0.39, 0.29) is 27.2 Å². The molecule has 0 radical (unpaired) electrons. The average Bonchev–Trinajstić information content (AvgIpc) is 2.34. The molecule has 0 amide bonds. The Kier molecular flexibility index (Phi) is 5.05. The Morgan fingerprint density at radius 3 is 2.53 bits per heavy atom. The highest BCUT2D eigenvalue weighted by atomic mass is 35.5. The van der Waals surface area contributed by atoms with Gasteiger partial charge in [-0.25, -0.2) is 13.1 Å². The predicted molar refractivity (Wildman–Crippen MR) is 73.8 cm³/mol. The second-order valence-electron chi connectivity index (χ2n) is 4.25. The lowest BCUT2D eigenvalue weighted by molar-refractivity contribution is 0.00681. The lowest BCUT2D eigenvalue weighted by Gasteiger charge is -2.21. The lowest BCUT2D eigenvalue weighted by atomic mass is 10.1. The molecular formula is C10H14Cl2N2O4S.